The van der Waals surface area contributed by atoms with Crippen LogP contribution in [0.4, 0.5) is 0 Å². The third kappa shape index (κ3) is 2.44. The van der Waals surface area contributed by atoms with Crippen LogP contribution in [-0.2, 0) is 9.59 Å². The van der Waals surface area contributed by atoms with E-state index in [9.17, 15) is 19.8 Å². The van der Waals surface area contributed by atoms with Crippen LogP contribution < -0.4 is 4.74 Å². The van der Waals surface area contributed by atoms with Gasteiger partial charge in [0.05, 0.1) is 24.9 Å². The van der Waals surface area contributed by atoms with E-state index in [0.29, 0.717) is 5.75 Å². The molecule has 2 atom stereocenters. The number of amides is 2. The van der Waals surface area contributed by atoms with Crippen LogP contribution in [0, 0.1) is 0 Å². The van der Waals surface area contributed by atoms with Gasteiger partial charge in [-0.25, -0.2) is 0 Å². The van der Waals surface area contributed by atoms with E-state index in [1.54, 1.807) is 19.2 Å². The molecule has 0 radical (unpaired) electrons. The van der Waals surface area contributed by atoms with Crippen molar-refractivity contribution in [1.29, 1.82) is 0 Å². The minimum absolute atomic E-state index is 0.326. The first-order valence-electron chi connectivity index (χ1n) is 7.64. The van der Waals surface area contributed by atoms with Crippen molar-refractivity contribution in [2.24, 2.45) is 0 Å². The Bertz CT molecular complexity index is 664. The van der Waals surface area contributed by atoms with Gasteiger partial charge in [0.25, 0.3) is 11.8 Å². The van der Waals surface area contributed by atoms with Crippen LogP contribution in [0.3, 0.4) is 0 Å². The number of piperazine rings is 1. The molecule has 7 nitrogen and oxygen atoms in total. The molecule has 3 fully saturated rings. The van der Waals surface area contributed by atoms with Gasteiger partial charge in [0, 0.05) is 14.1 Å². The molecule has 3 aliphatic heterocycles. The molecule has 2 N–H and O–H groups in total. The number of fused-ring (bicyclic) bond motifs is 4. The van der Waals surface area contributed by atoms with E-state index >= 15 is 0 Å². The molecule has 9 heteroatoms. The van der Waals surface area contributed by atoms with Gasteiger partial charge in [0.2, 0.25) is 0 Å². The summed E-state index contributed by atoms with van der Waals surface area (Å²) in [6, 6.07) is 7.33. The van der Waals surface area contributed by atoms with Crippen molar-refractivity contribution in [3.05, 3.63) is 29.8 Å². The maximum atomic E-state index is 13.0. The smallest absolute Gasteiger partial charge is 0.262 e. The SMILES string of the molecule is COc1ccc(C2S[C@@]3(CO)C(=O)N(C)[C@@](CO)(S2)C(=O)N3C)cc1. The van der Waals surface area contributed by atoms with Gasteiger partial charge in [-0.1, -0.05) is 12.1 Å². The minimum Gasteiger partial charge on any atom is -0.497 e. The Balaban J connectivity index is 2.12. The fraction of sp³-hybridized carbons (Fsp3) is 0.500. The summed E-state index contributed by atoms with van der Waals surface area (Å²) in [4.78, 5) is 25.7. The van der Waals surface area contributed by atoms with Crippen molar-refractivity contribution >= 4 is 35.3 Å². The lowest BCUT2D eigenvalue weighted by molar-refractivity contribution is -0.166. The summed E-state index contributed by atoms with van der Waals surface area (Å²) in [6.07, 6.45) is 0. The van der Waals surface area contributed by atoms with Gasteiger partial charge in [-0.2, -0.15) is 0 Å². The molecule has 4 rings (SSSR count). The second-order valence-corrected chi connectivity index (χ2v) is 9.02. The Morgan fingerprint density at radius 3 is 1.80 bits per heavy atom. The highest BCUT2D eigenvalue weighted by Crippen LogP contribution is 2.59. The fourth-order valence-corrected chi connectivity index (χ4v) is 6.64. The maximum Gasteiger partial charge on any atom is 0.262 e. The zero-order valence-electron chi connectivity index (χ0n) is 14.1. The predicted octanol–water partition coefficient (Wildman–Crippen LogP) is 0.481. The van der Waals surface area contributed by atoms with E-state index in [1.165, 1.54) is 47.4 Å². The van der Waals surface area contributed by atoms with Crippen LogP contribution in [0.25, 0.3) is 0 Å². The van der Waals surface area contributed by atoms with Gasteiger partial charge >= 0.3 is 0 Å². The fourth-order valence-electron chi connectivity index (χ4n) is 3.10. The molecule has 3 aliphatic rings. The number of thioether (sulfide) groups is 2. The lowest BCUT2D eigenvalue weighted by Gasteiger charge is -2.50. The molecule has 0 spiro atoms. The van der Waals surface area contributed by atoms with E-state index < -0.39 is 23.0 Å². The van der Waals surface area contributed by atoms with Crippen molar-refractivity contribution < 1.29 is 24.5 Å². The molecule has 2 amide bonds. The number of hydrogen-bond acceptors (Lipinski definition) is 7. The van der Waals surface area contributed by atoms with Gasteiger partial charge in [-0.05, 0) is 17.7 Å². The highest BCUT2D eigenvalue weighted by Gasteiger charge is 2.66. The van der Waals surface area contributed by atoms with Crippen LogP contribution in [0.5, 0.6) is 5.75 Å². The topological polar surface area (TPSA) is 90.3 Å². The Labute approximate surface area is 154 Å². The second-order valence-electron chi connectivity index (χ2n) is 5.95. The number of hydrogen-bond donors (Lipinski definition) is 2. The van der Waals surface area contributed by atoms with Gasteiger partial charge in [0.15, 0.2) is 9.74 Å². The van der Waals surface area contributed by atoms with E-state index in [0.717, 1.165) is 5.56 Å². The van der Waals surface area contributed by atoms with Crippen LogP contribution in [-0.4, -0.2) is 76.0 Å². The maximum absolute atomic E-state index is 13.0. The predicted molar refractivity (Wildman–Crippen MR) is 96.1 cm³/mol. The number of rotatable bonds is 4. The van der Waals surface area contributed by atoms with Gasteiger partial charge in [0.1, 0.15) is 5.75 Å². The van der Waals surface area contributed by atoms with Crippen LogP contribution in [0.1, 0.15) is 10.1 Å². The summed E-state index contributed by atoms with van der Waals surface area (Å²) in [5.41, 5.74) is 0.873. The van der Waals surface area contributed by atoms with Gasteiger partial charge < -0.3 is 24.7 Å². The number of ether oxygens (including phenoxy) is 1. The molecule has 3 heterocycles. The molecular weight excluding hydrogens is 364 g/mol. The van der Waals surface area contributed by atoms with E-state index in [2.05, 4.69) is 0 Å². The van der Waals surface area contributed by atoms with Crippen molar-refractivity contribution in [2.45, 2.75) is 14.3 Å². The Hall–Kier alpha value is -1.42. The molecule has 0 aliphatic carbocycles. The first-order chi connectivity index (χ1) is 11.9. The summed E-state index contributed by atoms with van der Waals surface area (Å²) in [6.45, 7) is -1.00. The first kappa shape index (κ1) is 18.4. The first-order valence-corrected chi connectivity index (χ1v) is 9.40. The highest BCUT2D eigenvalue weighted by molar-refractivity contribution is 8.18. The van der Waals surface area contributed by atoms with Crippen molar-refractivity contribution in [1.82, 2.24) is 9.80 Å². The third-order valence-corrected chi connectivity index (χ3v) is 8.27. The normalized spacial score (nSPS) is 32.1. The van der Waals surface area contributed by atoms with Gasteiger partial charge in [-0.15, -0.1) is 23.5 Å². The standard InChI is InChI=1S/C16H20N2O5S2/c1-17-13(21)16(9-20)18(2)14(22)15(17,8-19)24-12(25-16)10-4-6-11(23-3)7-5-10/h4-7,12,19-20H,8-9H2,1-3H3/t15-,16-/m0/s1. The Kier molecular flexibility index (Phi) is 4.69. The molecule has 136 valence electrons. The molecular formula is C16H20N2O5S2. The number of carbonyl (C=O) groups excluding carboxylic acids is 2. The van der Waals surface area contributed by atoms with E-state index in [1.807, 2.05) is 12.1 Å². The highest BCUT2D eigenvalue weighted by atomic mass is 32.2. The molecule has 3 saturated heterocycles. The lowest BCUT2D eigenvalue weighted by Crippen LogP contribution is -2.73. The van der Waals surface area contributed by atoms with Crippen LogP contribution in [0.15, 0.2) is 24.3 Å². The molecule has 0 saturated carbocycles. The zero-order chi connectivity index (χ0) is 18.4. The Morgan fingerprint density at radius 1 is 1.00 bits per heavy atom. The number of aliphatic hydroxyl groups excluding tert-OH is 2. The molecule has 1 aromatic rings. The zero-order valence-corrected chi connectivity index (χ0v) is 15.8. The molecule has 0 aromatic heterocycles. The Morgan fingerprint density at radius 2 is 1.44 bits per heavy atom. The van der Waals surface area contributed by atoms with Crippen molar-refractivity contribution in [2.75, 3.05) is 34.4 Å². The summed E-state index contributed by atoms with van der Waals surface area (Å²) in [5, 5.41) is 20.0. The molecule has 25 heavy (non-hydrogen) atoms. The van der Waals surface area contributed by atoms with Crippen LogP contribution >= 0.6 is 23.5 Å². The number of methoxy groups -OCH3 is 1. The number of carbonyl (C=O) groups is 2. The van der Waals surface area contributed by atoms with E-state index in [4.69, 9.17) is 4.74 Å². The summed E-state index contributed by atoms with van der Waals surface area (Å²) < 4.78 is 4.84. The second kappa shape index (κ2) is 6.39. The largest absolute Gasteiger partial charge is 0.497 e. The number of likely N-dealkylation sites (N-methyl/N-ethyl adjacent to an activating group) is 2. The summed E-state index contributed by atoms with van der Waals surface area (Å²) in [7, 11) is 4.57. The van der Waals surface area contributed by atoms with Crippen molar-refractivity contribution in [3.8, 4) is 5.75 Å². The monoisotopic (exact) mass is 384 g/mol. The quantitative estimate of drug-likeness (QED) is 0.780. The summed E-state index contributed by atoms with van der Waals surface area (Å²) in [5.74, 6) is -0.0789. The molecule has 0 unspecified atom stereocenters. The third-order valence-electron chi connectivity index (χ3n) is 4.78. The lowest BCUT2D eigenvalue weighted by atomic mass is 10.1. The minimum atomic E-state index is -1.40. The summed E-state index contributed by atoms with van der Waals surface area (Å²) >= 11 is 2.44. The average Bonchev–Trinajstić information content (AvgIpc) is 2.81. The average molecular weight is 384 g/mol. The molecule has 2 bridgehead atoms. The van der Waals surface area contributed by atoms with E-state index in [-0.39, 0.29) is 16.4 Å². The number of benzene rings is 1. The number of aliphatic hydroxyl groups is 2. The van der Waals surface area contributed by atoms with Gasteiger partial charge in [-0.3, -0.25) is 9.59 Å². The molecule has 1 aromatic carbocycles. The van der Waals surface area contributed by atoms with Crippen LogP contribution in [0.2, 0.25) is 0 Å². The van der Waals surface area contributed by atoms with Crippen molar-refractivity contribution in [3.63, 3.8) is 0 Å². The number of nitrogens with zero attached hydrogens (tertiary/aromatic N) is 2.